The number of ketones is 1. The summed E-state index contributed by atoms with van der Waals surface area (Å²) >= 11 is 5.34. The summed E-state index contributed by atoms with van der Waals surface area (Å²) in [6.45, 7) is 0. The first-order valence-electron chi connectivity index (χ1n) is 3.79. The van der Waals surface area contributed by atoms with Gasteiger partial charge < -0.3 is 10.8 Å². The molecule has 0 saturated heterocycles. The number of hydrogen-bond acceptors (Lipinski definition) is 3. The van der Waals surface area contributed by atoms with Crippen LogP contribution in [0.15, 0.2) is 18.2 Å². The first kappa shape index (κ1) is 9.86. The van der Waals surface area contributed by atoms with Gasteiger partial charge in [0, 0.05) is 6.42 Å². The fourth-order valence-corrected chi connectivity index (χ4v) is 1.11. The van der Waals surface area contributed by atoms with Crippen molar-refractivity contribution in [2.45, 2.75) is 6.42 Å². The Bertz CT molecular complexity index is 325. The second-order valence-electron chi connectivity index (χ2n) is 2.70. The van der Waals surface area contributed by atoms with Crippen LogP contribution in [0, 0.1) is 0 Å². The SMILES string of the molecule is Nc1c(O)cccc1CC(=O)CCl. The van der Waals surface area contributed by atoms with Crippen molar-refractivity contribution in [2.24, 2.45) is 0 Å². The number of aromatic hydroxyl groups is 1. The third-order valence-electron chi connectivity index (χ3n) is 1.71. The Morgan fingerprint density at radius 2 is 2.23 bits per heavy atom. The lowest BCUT2D eigenvalue weighted by molar-refractivity contribution is -0.116. The van der Waals surface area contributed by atoms with E-state index in [0.717, 1.165) is 0 Å². The topological polar surface area (TPSA) is 63.3 Å². The molecule has 70 valence electrons. The number of phenols is 1. The van der Waals surface area contributed by atoms with E-state index in [0.29, 0.717) is 5.56 Å². The smallest absolute Gasteiger partial charge is 0.152 e. The maximum atomic E-state index is 11.0. The van der Waals surface area contributed by atoms with E-state index < -0.39 is 0 Å². The Hall–Kier alpha value is -1.22. The number of Topliss-reactive ketones (excluding diaryl/α,β-unsaturated/α-hetero) is 1. The number of hydrogen-bond donors (Lipinski definition) is 2. The standard InChI is InChI=1S/C9H10ClNO2/c10-5-7(12)4-6-2-1-3-8(13)9(6)11/h1-3,13H,4-5,11H2. The van der Waals surface area contributed by atoms with E-state index in [9.17, 15) is 9.90 Å². The van der Waals surface area contributed by atoms with Crippen LogP contribution in [0.25, 0.3) is 0 Å². The maximum Gasteiger partial charge on any atom is 0.152 e. The van der Waals surface area contributed by atoms with E-state index in [1.807, 2.05) is 0 Å². The van der Waals surface area contributed by atoms with E-state index in [-0.39, 0.29) is 29.5 Å². The summed E-state index contributed by atoms with van der Waals surface area (Å²) in [4.78, 5) is 11.0. The van der Waals surface area contributed by atoms with Gasteiger partial charge in [0.15, 0.2) is 5.78 Å². The van der Waals surface area contributed by atoms with Crippen LogP contribution in [0.4, 0.5) is 5.69 Å². The minimum absolute atomic E-state index is 0.000118. The fraction of sp³-hybridized carbons (Fsp3) is 0.222. The number of alkyl halides is 1. The Morgan fingerprint density at radius 1 is 1.54 bits per heavy atom. The molecule has 0 aliphatic carbocycles. The lowest BCUT2D eigenvalue weighted by Crippen LogP contribution is -2.06. The van der Waals surface area contributed by atoms with Crippen LogP contribution in [0.5, 0.6) is 5.75 Å². The average Bonchev–Trinajstić information content (AvgIpc) is 2.13. The summed E-state index contributed by atoms with van der Waals surface area (Å²) in [5.74, 6) is -0.145. The molecule has 0 spiro atoms. The van der Waals surface area contributed by atoms with E-state index >= 15 is 0 Å². The highest BCUT2D eigenvalue weighted by Gasteiger charge is 2.07. The largest absolute Gasteiger partial charge is 0.506 e. The molecule has 3 nitrogen and oxygen atoms in total. The molecule has 0 aliphatic heterocycles. The quantitative estimate of drug-likeness (QED) is 0.439. The van der Waals surface area contributed by atoms with Crippen molar-refractivity contribution in [3.05, 3.63) is 23.8 Å². The summed E-state index contributed by atoms with van der Waals surface area (Å²) in [6.07, 6.45) is 0.170. The molecular weight excluding hydrogens is 190 g/mol. The van der Waals surface area contributed by atoms with Gasteiger partial charge in [0.25, 0.3) is 0 Å². The number of anilines is 1. The second-order valence-corrected chi connectivity index (χ2v) is 2.97. The molecule has 0 amide bonds. The molecule has 4 heteroatoms. The molecule has 0 atom stereocenters. The molecule has 1 aromatic carbocycles. The number of benzene rings is 1. The maximum absolute atomic E-state index is 11.0. The summed E-state index contributed by atoms with van der Waals surface area (Å²) in [7, 11) is 0. The average molecular weight is 200 g/mol. The molecule has 0 fully saturated rings. The van der Waals surface area contributed by atoms with Crippen LogP contribution in [-0.4, -0.2) is 16.8 Å². The molecular formula is C9H10ClNO2. The third kappa shape index (κ3) is 2.36. The van der Waals surface area contributed by atoms with Crippen molar-refractivity contribution in [1.29, 1.82) is 0 Å². The highest BCUT2D eigenvalue weighted by atomic mass is 35.5. The van der Waals surface area contributed by atoms with Crippen LogP contribution >= 0.6 is 11.6 Å². The zero-order valence-corrected chi connectivity index (χ0v) is 7.71. The van der Waals surface area contributed by atoms with Crippen LogP contribution in [0.2, 0.25) is 0 Å². The van der Waals surface area contributed by atoms with Crippen molar-refractivity contribution in [3.63, 3.8) is 0 Å². The van der Waals surface area contributed by atoms with E-state index in [1.54, 1.807) is 12.1 Å². The first-order chi connectivity index (χ1) is 6.15. The van der Waals surface area contributed by atoms with Gasteiger partial charge in [0.05, 0.1) is 11.6 Å². The van der Waals surface area contributed by atoms with Gasteiger partial charge in [-0.3, -0.25) is 4.79 Å². The molecule has 0 saturated carbocycles. The molecule has 0 unspecified atom stereocenters. The summed E-state index contributed by atoms with van der Waals surface area (Å²) < 4.78 is 0. The Morgan fingerprint density at radius 3 is 2.85 bits per heavy atom. The number of carbonyl (C=O) groups is 1. The van der Waals surface area contributed by atoms with E-state index in [4.69, 9.17) is 17.3 Å². The molecule has 1 rings (SSSR count). The van der Waals surface area contributed by atoms with Crippen molar-refractivity contribution in [2.75, 3.05) is 11.6 Å². The predicted octanol–water partition coefficient (Wildman–Crippen LogP) is 1.32. The highest BCUT2D eigenvalue weighted by Crippen LogP contribution is 2.23. The molecule has 13 heavy (non-hydrogen) atoms. The van der Waals surface area contributed by atoms with Crippen LogP contribution in [0.3, 0.4) is 0 Å². The van der Waals surface area contributed by atoms with Gasteiger partial charge in [-0.2, -0.15) is 0 Å². The second kappa shape index (κ2) is 4.14. The van der Waals surface area contributed by atoms with Crippen molar-refractivity contribution >= 4 is 23.1 Å². The van der Waals surface area contributed by atoms with Gasteiger partial charge in [-0.25, -0.2) is 0 Å². The molecule has 0 heterocycles. The van der Waals surface area contributed by atoms with Gasteiger partial charge in [0.1, 0.15) is 5.75 Å². The monoisotopic (exact) mass is 199 g/mol. The minimum atomic E-state index is -0.112. The van der Waals surface area contributed by atoms with Gasteiger partial charge in [-0.05, 0) is 11.6 Å². The minimum Gasteiger partial charge on any atom is -0.506 e. The lowest BCUT2D eigenvalue weighted by atomic mass is 10.1. The number of nitrogen functional groups attached to an aromatic ring is 1. The van der Waals surface area contributed by atoms with Crippen molar-refractivity contribution < 1.29 is 9.90 Å². The first-order valence-corrected chi connectivity index (χ1v) is 4.32. The van der Waals surface area contributed by atoms with E-state index in [2.05, 4.69) is 0 Å². The molecule has 0 bridgehead atoms. The zero-order chi connectivity index (χ0) is 9.84. The molecule has 0 aromatic heterocycles. The van der Waals surface area contributed by atoms with Gasteiger partial charge >= 0.3 is 0 Å². The third-order valence-corrected chi connectivity index (χ3v) is 2.01. The van der Waals surface area contributed by atoms with Gasteiger partial charge in [0.2, 0.25) is 0 Å². The van der Waals surface area contributed by atoms with Crippen LogP contribution in [-0.2, 0) is 11.2 Å². The Labute approximate surface area is 81.1 Å². The Balaban J connectivity index is 2.89. The predicted molar refractivity (Wildman–Crippen MR) is 52.0 cm³/mol. The van der Waals surface area contributed by atoms with Crippen LogP contribution < -0.4 is 5.73 Å². The number of nitrogens with two attached hydrogens (primary N) is 1. The van der Waals surface area contributed by atoms with Gasteiger partial charge in [-0.1, -0.05) is 12.1 Å². The fourth-order valence-electron chi connectivity index (χ4n) is 1.01. The number of halogens is 1. The number of carbonyl (C=O) groups excluding carboxylic acids is 1. The summed E-state index contributed by atoms with van der Waals surface area (Å²) in [5, 5.41) is 9.22. The van der Waals surface area contributed by atoms with Crippen molar-refractivity contribution in [1.82, 2.24) is 0 Å². The molecule has 1 aromatic rings. The van der Waals surface area contributed by atoms with Crippen molar-refractivity contribution in [3.8, 4) is 5.75 Å². The number of rotatable bonds is 3. The number of para-hydroxylation sites is 1. The molecule has 0 radical (unpaired) electrons. The van der Waals surface area contributed by atoms with Gasteiger partial charge in [-0.15, -0.1) is 11.6 Å². The number of phenolic OH excluding ortho intramolecular Hbond substituents is 1. The normalized spacial score (nSPS) is 9.92. The summed E-state index contributed by atoms with van der Waals surface area (Å²) in [5.41, 5.74) is 6.41. The molecule has 0 aliphatic rings. The lowest BCUT2D eigenvalue weighted by Gasteiger charge is -2.04. The van der Waals surface area contributed by atoms with E-state index in [1.165, 1.54) is 6.07 Å². The van der Waals surface area contributed by atoms with Crippen LogP contribution in [0.1, 0.15) is 5.56 Å². The summed E-state index contributed by atoms with van der Waals surface area (Å²) in [6, 6.07) is 4.81. The highest BCUT2D eigenvalue weighted by molar-refractivity contribution is 6.27. The zero-order valence-electron chi connectivity index (χ0n) is 6.96. The molecule has 3 N–H and O–H groups in total. The Kier molecular flexibility index (Phi) is 3.14.